The van der Waals surface area contributed by atoms with Crippen LogP contribution in [0, 0.1) is 0 Å². The molecule has 4 rings (SSSR count). The third kappa shape index (κ3) is 2.36. The van der Waals surface area contributed by atoms with Crippen LogP contribution in [0.1, 0.15) is 36.6 Å². The summed E-state index contributed by atoms with van der Waals surface area (Å²) in [5.41, 5.74) is 4.13. The Bertz CT molecular complexity index is 663. The summed E-state index contributed by atoms with van der Waals surface area (Å²) in [5.74, 6) is 0. The highest BCUT2D eigenvalue weighted by Gasteiger charge is 2.30. The first-order valence-electron chi connectivity index (χ1n) is 7.48. The zero-order valence-corrected chi connectivity index (χ0v) is 11.8. The molecule has 2 atom stereocenters. The monoisotopic (exact) mass is 279 g/mol. The molecule has 1 fully saturated rings. The molecule has 0 aromatic carbocycles. The average Bonchev–Trinajstić information content (AvgIpc) is 2.99. The van der Waals surface area contributed by atoms with Crippen molar-refractivity contribution in [3.63, 3.8) is 0 Å². The molecule has 4 heteroatoms. The number of aromatic nitrogens is 2. The van der Waals surface area contributed by atoms with Crippen molar-refractivity contribution in [2.24, 2.45) is 4.99 Å². The predicted octanol–water partition coefficient (Wildman–Crippen LogP) is 3.19. The smallest absolute Gasteiger partial charge is 0.103 e. The van der Waals surface area contributed by atoms with Crippen molar-refractivity contribution >= 4 is 6.21 Å². The van der Waals surface area contributed by atoms with Gasteiger partial charge in [-0.25, -0.2) is 4.98 Å². The quantitative estimate of drug-likeness (QED) is 0.848. The normalized spacial score (nSPS) is 24.0. The van der Waals surface area contributed by atoms with Crippen LogP contribution in [-0.2, 0) is 4.74 Å². The second-order valence-electron chi connectivity index (χ2n) is 5.54. The maximum atomic E-state index is 5.88. The maximum Gasteiger partial charge on any atom is 0.103 e. The molecule has 1 saturated heterocycles. The minimum Gasteiger partial charge on any atom is -0.376 e. The molecular weight excluding hydrogens is 262 g/mol. The number of rotatable bonds is 2. The maximum absolute atomic E-state index is 5.88. The molecule has 0 saturated carbocycles. The average molecular weight is 279 g/mol. The fourth-order valence-electron chi connectivity index (χ4n) is 3.06. The van der Waals surface area contributed by atoms with Crippen molar-refractivity contribution in [1.29, 1.82) is 0 Å². The molecule has 2 aromatic rings. The van der Waals surface area contributed by atoms with Gasteiger partial charge in [-0.15, -0.1) is 0 Å². The van der Waals surface area contributed by atoms with E-state index in [1.807, 2.05) is 24.5 Å². The summed E-state index contributed by atoms with van der Waals surface area (Å²) in [6.07, 6.45) is 9.19. The van der Waals surface area contributed by atoms with E-state index in [1.54, 1.807) is 6.20 Å². The van der Waals surface area contributed by atoms with Gasteiger partial charge < -0.3 is 4.74 Å². The number of hydrogen-bond acceptors (Lipinski definition) is 4. The highest BCUT2D eigenvalue weighted by Crippen LogP contribution is 2.34. The molecular formula is C17H17N3O. The predicted molar refractivity (Wildman–Crippen MR) is 81.4 cm³/mol. The Balaban J connectivity index is 1.64. The number of hydrogen-bond donors (Lipinski definition) is 0. The Morgan fingerprint density at radius 1 is 1.14 bits per heavy atom. The van der Waals surface area contributed by atoms with Gasteiger partial charge in [-0.2, -0.15) is 0 Å². The molecule has 2 aliphatic heterocycles. The molecule has 21 heavy (non-hydrogen) atoms. The van der Waals surface area contributed by atoms with Gasteiger partial charge in [-0.05, 0) is 37.5 Å². The molecule has 4 nitrogen and oxygen atoms in total. The lowest BCUT2D eigenvalue weighted by molar-refractivity contribution is 0.00120. The number of aliphatic imine (C=N–C) groups is 1. The van der Waals surface area contributed by atoms with Crippen molar-refractivity contribution in [3.05, 3.63) is 47.9 Å². The summed E-state index contributed by atoms with van der Waals surface area (Å²) in [6, 6.07) is 8.27. The second kappa shape index (κ2) is 5.37. The molecule has 0 aliphatic carbocycles. The molecule has 2 aliphatic rings. The molecule has 106 valence electrons. The van der Waals surface area contributed by atoms with Crippen LogP contribution in [0.4, 0.5) is 0 Å². The van der Waals surface area contributed by atoms with Gasteiger partial charge in [0.05, 0.1) is 17.5 Å². The number of fused-ring (bicyclic) bond motifs is 1. The lowest BCUT2D eigenvalue weighted by Crippen LogP contribution is -2.24. The first-order valence-corrected chi connectivity index (χ1v) is 7.48. The van der Waals surface area contributed by atoms with Crippen LogP contribution in [-0.4, -0.2) is 28.9 Å². The van der Waals surface area contributed by atoms with Crippen LogP contribution < -0.4 is 0 Å². The van der Waals surface area contributed by atoms with Gasteiger partial charge in [-0.3, -0.25) is 9.98 Å². The highest BCUT2D eigenvalue weighted by molar-refractivity contribution is 5.84. The van der Waals surface area contributed by atoms with E-state index in [2.05, 4.69) is 22.1 Å². The van der Waals surface area contributed by atoms with Crippen molar-refractivity contribution in [2.45, 2.75) is 31.4 Å². The fourth-order valence-corrected chi connectivity index (χ4v) is 3.06. The van der Waals surface area contributed by atoms with E-state index in [4.69, 9.17) is 9.72 Å². The lowest BCUT2D eigenvalue weighted by atomic mass is 9.96. The zero-order valence-electron chi connectivity index (χ0n) is 11.8. The summed E-state index contributed by atoms with van der Waals surface area (Å²) in [4.78, 5) is 13.5. The summed E-state index contributed by atoms with van der Waals surface area (Å²) in [5, 5.41) is 0. The topological polar surface area (TPSA) is 47.4 Å². The number of pyridine rings is 2. The minimum atomic E-state index is 0.121. The highest BCUT2D eigenvalue weighted by atomic mass is 16.5. The van der Waals surface area contributed by atoms with Crippen LogP contribution in [0.5, 0.6) is 0 Å². The Labute approximate surface area is 123 Å². The van der Waals surface area contributed by atoms with Crippen LogP contribution in [0.25, 0.3) is 11.3 Å². The minimum absolute atomic E-state index is 0.121. The van der Waals surface area contributed by atoms with E-state index in [-0.39, 0.29) is 12.1 Å². The third-order valence-corrected chi connectivity index (χ3v) is 4.16. The van der Waals surface area contributed by atoms with Gasteiger partial charge in [0.2, 0.25) is 0 Å². The first kappa shape index (κ1) is 12.7. The van der Waals surface area contributed by atoms with Crippen LogP contribution in [0.15, 0.2) is 41.7 Å². The van der Waals surface area contributed by atoms with Crippen LogP contribution >= 0.6 is 0 Å². The van der Waals surface area contributed by atoms with E-state index in [0.29, 0.717) is 0 Å². The standard InChI is InChI=1S/C17H17N3O/c1-2-9-21-16(5-1)17-13-6-7-14(20-15(13)11-19-17)12-4-3-8-18-10-12/h3-4,6-8,10-11,16-17H,1-2,5,9H2. The molecule has 0 spiro atoms. The second-order valence-corrected chi connectivity index (χ2v) is 5.54. The SMILES string of the molecule is C1=NC(C2CCCCO2)c2ccc(-c3cccnc3)nc21. The van der Waals surface area contributed by atoms with Crippen LogP contribution in [0.2, 0.25) is 0 Å². The molecule has 4 heterocycles. The number of ether oxygens (including phenoxy) is 1. The third-order valence-electron chi connectivity index (χ3n) is 4.16. The van der Waals surface area contributed by atoms with Gasteiger partial charge in [0.1, 0.15) is 6.04 Å². The van der Waals surface area contributed by atoms with E-state index >= 15 is 0 Å². The van der Waals surface area contributed by atoms with E-state index < -0.39 is 0 Å². The fraction of sp³-hybridized carbons (Fsp3) is 0.353. The van der Waals surface area contributed by atoms with Gasteiger partial charge >= 0.3 is 0 Å². The van der Waals surface area contributed by atoms with Crippen molar-refractivity contribution < 1.29 is 4.74 Å². The van der Waals surface area contributed by atoms with Crippen LogP contribution in [0.3, 0.4) is 0 Å². The molecule has 2 unspecified atom stereocenters. The zero-order chi connectivity index (χ0) is 14.1. The molecule has 0 radical (unpaired) electrons. The Kier molecular flexibility index (Phi) is 3.24. The van der Waals surface area contributed by atoms with Gasteiger partial charge in [-0.1, -0.05) is 6.07 Å². The number of nitrogens with zero attached hydrogens (tertiary/aromatic N) is 3. The largest absolute Gasteiger partial charge is 0.376 e. The first-order chi connectivity index (χ1) is 10.4. The summed E-state index contributed by atoms with van der Waals surface area (Å²) < 4.78 is 5.88. The lowest BCUT2D eigenvalue weighted by Gasteiger charge is -2.26. The van der Waals surface area contributed by atoms with Gasteiger partial charge in [0.15, 0.2) is 0 Å². The Morgan fingerprint density at radius 3 is 2.95 bits per heavy atom. The summed E-state index contributed by atoms with van der Waals surface area (Å²) in [7, 11) is 0. The van der Waals surface area contributed by atoms with Gasteiger partial charge in [0, 0.05) is 36.3 Å². The Morgan fingerprint density at radius 2 is 2.14 bits per heavy atom. The van der Waals surface area contributed by atoms with E-state index in [1.165, 1.54) is 12.0 Å². The van der Waals surface area contributed by atoms with E-state index in [9.17, 15) is 0 Å². The molecule has 0 bridgehead atoms. The van der Waals surface area contributed by atoms with Crippen molar-refractivity contribution in [1.82, 2.24) is 9.97 Å². The molecule has 0 amide bonds. The molecule has 2 aromatic heterocycles. The Hall–Kier alpha value is -2.07. The van der Waals surface area contributed by atoms with Crippen molar-refractivity contribution in [3.8, 4) is 11.3 Å². The van der Waals surface area contributed by atoms with Crippen molar-refractivity contribution in [2.75, 3.05) is 6.61 Å². The summed E-state index contributed by atoms with van der Waals surface area (Å²) >= 11 is 0. The molecule has 0 N–H and O–H groups in total. The van der Waals surface area contributed by atoms with E-state index in [0.717, 1.165) is 36.4 Å². The van der Waals surface area contributed by atoms with Gasteiger partial charge in [0.25, 0.3) is 0 Å². The summed E-state index contributed by atoms with van der Waals surface area (Å²) in [6.45, 7) is 0.854.